The molecule has 0 saturated carbocycles. The Morgan fingerprint density at radius 3 is 2.67 bits per heavy atom. The summed E-state index contributed by atoms with van der Waals surface area (Å²) in [4.78, 5) is 12.5. The van der Waals surface area contributed by atoms with Crippen LogP contribution < -0.4 is 14.9 Å². The lowest BCUT2D eigenvalue weighted by atomic mass is 10.0. The fourth-order valence-electron chi connectivity index (χ4n) is 2.73. The summed E-state index contributed by atoms with van der Waals surface area (Å²) in [5, 5.41) is 6.17. The number of amides is 1. The van der Waals surface area contributed by atoms with E-state index in [4.69, 9.17) is 9.47 Å². The van der Waals surface area contributed by atoms with Gasteiger partial charge in [0.05, 0.1) is 18.9 Å². The Kier molecular flexibility index (Phi) is 5.84. The van der Waals surface area contributed by atoms with Gasteiger partial charge in [0.2, 0.25) is 0 Å². The molecule has 0 fully saturated rings. The van der Waals surface area contributed by atoms with E-state index in [-0.39, 0.29) is 5.91 Å². The van der Waals surface area contributed by atoms with E-state index in [1.807, 2.05) is 36.4 Å². The zero-order chi connectivity index (χ0) is 19.1. The van der Waals surface area contributed by atoms with Crippen molar-refractivity contribution in [1.29, 1.82) is 0 Å². The third kappa shape index (κ3) is 4.15. The van der Waals surface area contributed by atoms with Crippen molar-refractivity contribution in [3.63, 3.8) is 0 Å². The zero-order valence-corrected chi connectivity index (χ0v) is 15.0. The van der Waals surface area contributed by atoms with Crippen molar-refractivity contribution in [1.82, 2.24) is 5.43 Å². The molecule has 1 N–H and O–H groups in total. The molecular formula is C22H20N2O3. The monoisotopic (exact) mass is 360 g/mol. The Morgan fingerprint density at radius 2 is 1.85 bits per heavy atom. The van der Waals surface area contributed by atoms with Crippen LogP contribution in [0.4, 0.5) is 0 Å². The molecule has 3 aromatic carbocycles. The van der Waals surface area contributed by atoms with Crippen LogP contribution in [0.25, 0.3) is 10.8 Å². The average molecular weight is 360 g/mol. The molecule has 0 aromatic heterocycles. The number of methoxy groups -OCH3 is 1. The van der Waals surface area contributed by atoms with Gasteiger partial charge < -0.3 is 9.47 Å². The lowest BCUT2D eigenvalue weighted by Gasteiger charge is -2.09. The van der Waals surface area contributed by atoms with Crippen molar-refractivity contribution < 1.29 is 14.3 Å². The summed E-state index contributed by atoms with van der Waals surface area (Å²) in [7, 11) is 1.60. The van der Waals surface area contributed by atoms with E-state index in [0.717, 1.165) is 16.3 Å². The standard InChI is InChI=1S/C22H20N2O3/c1-3-14-27-21-11-7-6-10-18(21)22(25)24-23-15-19-17-9-5-4-8-16(17)12-13-20(19)26-2/h3-13,15H,1,14H2,2H3,(H,24,25). The molecule has 5 nitrogen and oxygen atoms in total. The van der Waals surface area contributed by atoms with Gasteiger partial charge in [-0.25, -0.2) is 5.43 Å². The van der Waals surface area contributed by atoms with Crippen molar-refractivity contribution in [3.8, 4) is 11.5 Å². The van der Waals surface area contributed by atoms with Gasteiger partial charge in [0.25, 0.3) is 5.91 Å². The van der Waals surface area contributed by atoms with E-state index in [1.165, 1.54) is 0 Å². The number of fused-ring (bicyclic) bond motifs is 1. The van der Waals surface area contributed by atoms with Crippen molar-refractivity contribution in [2.75, 3.05) is 13.7 Å². The number of para-hydroxylation sites is 1. The van der Waals surface area contributed by atoms with Gasteiger partial charge in [-0.2, -0.15) is 5.10 Å². The molecule has 0 radical (unpaired) electrons. The third-order valence-corrected chi connectivity index (χ3v) is 4.00. The Morgan fingerprint density at radius 1 is 1.07 bits per heavy atom. The van der Waals surface area contributed by atoms with Crippen LogP contribution in [0.1, 0.15) is 15.9 Å². The van der Waals surface area contributed by atoms with Gasteiger partial charge in [-0.3, -0.25) is 4.79 Å². The molecule has 0 spiro atoms. The number of nitrogens with zero attached hydrogens (tertiary/aromatic N) is 1. The first kappa shape index (κ1) is 18.2. The van der Waals surface area contributed by atoms with Gasteiger partial charge in [-0.1, -0.05) is 55.1 Å². The van der Waals surface area contributed by atoms with E-state index in [2.05, 4.69) is 17.1 Å². The van der Waals surface area contributed by atoms with Crippen LogP contribution in [-0.2, 0) is 0 Å². The van der Waals surface area contributed by atoms with Crippen LogP contribution in [0.15, 0.2) is 78.4 Å². The van der Waals surface area contributed by atoms with Crippen molar-refractivity contribution >= 4 is 22.9 Å². The minimum atomic E-state index is -0.356. The first-order valence-corrected chi connectivity index (χ1v) is 8.46. The van der Waals surface area contributed by atoms with E-state index in [9.17, 15) is 4.79 Å². The lowest BCUT2D eigenvalue weighted by molar-refractivity contribution is 0.0951. The quantitative estimate of drug-likeness (QED) is 0.391. The summed E-state index contributed by atoms with van der Waals surface area (Å²) >= 11 is 0. The predicted molar refractivity (Wildman–Crippen MR) is 108 cm³/mol. The van der Waals surface area contributed by atoms with Crippen LogP contribution in [0, 0.1) is 0 Å². The zero-order valence-electron chi connectivity index (χ0n) is 15.0. The molecule has 0 aliphatic carbocycles. The fraction of sp³-hybridized carbons (Fsp3) is 0.0909. The highest BCUT2D eigenvalue weighted by atomic mass is 16.5. The predicted octanol–water partition coefficient (Wildman–Crippen LogP) is 4.18. The number of rotatable bonds is 7. The molecule has 0 heterocycles. The van der Waals surface area contributed by atoms with Crippen LogP contribution in [0.2, 0.25) is 0 Å². The van der Waals surface area contributed by atoms with Gasteiger partial charge in [-0.15, -0.1) is 0 Å². The highest BCUT2D eigenvalue weighted by molar-refractivity contribution is 6.03. The summed E-state index contributed by atoms with van der Waals surface area (Å²) in [6.45, 7) is 3.93. The molecule has 27 heavy (non-hydrogen) atoms. The van der Waals surface area contributed by atoms with Gasteiger partial charge >= 0.3 is 0 Å². The third-order valence-electron chi connectivity index (χ3n) is 4.00. The highest BCUT2D eigenvalue weighted by Crippen LogP contribution is 2.26. The van der Waals surface area contributed by atoms with E-state index < -0.39 is 0 Å². The first-order valence-electron chi connectivity index (χ1n) is 8.46. The van der Waals surface area contributed by atoms with Crippen molar-refractivity contribution in [2.24, 2.45) is 5.10 Å². The molecule has 0 aliphatic heterocycles. The van der Waals surface area contributed by atoms with Crippen LogP contribution in [0.3, 0.4) is 0 Å². The first-order chi connectivity index (χ1) is 13.2. The molecule has 1 amide bonds. The second-order valence-corrected chi connectivity index (χ2v) is 5.70. The summed E-state index contributed by atoms with van der Waals surface area (Å²) in [5.41, 5.74) is 3.75. The van der Waals surface area contributed by atoms with E-state index in [0.29, 0.717) is 23.7 Å². The second-order valence-electron chi connectivity index (χ2n) is 5.70. The summed E-state index contributed by atoms with van der Waals surface area (Å²) in [5.74, 6) is 0.805. The number of carbonyl (C=O) groups is 1. The highest BCUT2D eigenvalue weighted by Gasteiger charge is 2.11. The Balaban J connectivity index is 1.83. The van der Waals surface area contributed by atoms with Gasteiger partial charge in [-0.05, 0) is 29.0 Å². The number of nitrogens with one attached hydrogen (secondary N) is 1. The van der Waals surface area contributed by atoms with Crippen molar-refractivity contribution in [2.45, 2.75) is 0 Å². The second kappa shape index (κ2) is 8.67. The van der Waals surface area contributed by atoms with Gasteiger partial charge in [0.15, 0.2) is 0 Å². The van der Waals surface area contributed by atoms with Crippen LogP contribution in [-0.4, -0.2) is 25.8 Å². The minimum Gasteiger partial charge on any atom is -0.496 e. The Hall–Kier alpha value is -3.60. The molecular weight excluding hydrogens is 340 g/mol. The van der Waals surface area contributed by atoms with E-state index in [1.54, 1.807) is 43.7 Å². The Bertz CT molecular complexity index is 996. The maximum absolute atomic E-state index is 12.5. The van der Waals surface area contributed by atoms with Crippen LogP contribution >= 0.6 is 0 Å². The summed E-state index contributed by atoms with van der Waals surface area (Å²) < 4.78 is 10.9. The number of hydrogen-bond acceptors (Lipinski definition) is 4. The molecule has 0 aliphatic rings. The Labute approximate surface area is 157 Å². The number of benzene rings is 3. The minimum absolute atomic E-state index is 0.320. The average Bonchev–Trinajstić information content (AvgIpc) is 2.72. The number of hydrazone groups is 1. The summed E-state index contributed by atoms with van der Waals surface area (Å²) in [6.07, 6.45) is 3.21. The topological polar surface area (TPSA) is 59.9 Å². The van der Waals surface area contributed by atoms with E-state index >= 15 is 0 Å². The SMILES string of the molecule is C=CCOc1ccccc1C(=O)NN=Cc1c(OC)ccc2ccccc12. The number of hydrogen-bond donors (Lipinski definition) is 1. The molecule has 5 heteroatoms. The molecule has 3 aromatic rings. The smallest absolute Gasteiger partial charge is 0.275 e. The molecule has 3 rings (SSSR count). The molecule has 0 atom stereocenters. The molecule has 136 valence electrons. The summed E-state index contributed by atoms with van der Waals surface area (Å²) in [6, 6.07) is 18.8. The van der Waals surface area contributed by atoms with Gasteiger partial charge in [0.1, 0.15) is 18.1 Å². The fourth-order valence-corrected chi connectivity index (χ4v) is 2.73. The van der Waals surface area contributed by atoms with Crippen LogP contribution in [0.5, 0.6) is 11.5 Å². The molecule has 0 saturated heterocycles. The maximum Gasteiger partial charge on any atom is 0.275 e. The number of ether oxygens (including phenoxy) is 2. The molecule has 0 unspecified atom stereocenters. The van der Waals surface area contributed by atoms with Gasteiger partial charge in [0, 0.05) is 5.56 Å². The number of carbonyl (C=O) groups excluding carboxylic acids is 1. The maximum atomic E-state index is 12.5. The lowest BCUT2D eigenvalue weighted by Crippen LogP contribution is -2.18. The van der Waals surface area contributed by atoms with Crippen molar-refractivity contribution in [3.05, 3.63) is 84.4 Å². The normalized spacial score (nSPS) is 10.7. The molecule has 0 bridgehead atoms. The largest absolute Gasteiger partial charge is 0.496 e.